The van der Waals surface area contributed by atoms with Crippen molar-refractivity contribution in [2.45, 2.75) is 18.9 Å². The monoisotopic (exact) mass is 174 g/mol. The number of H-pyrrole nitrogens is 1. The molecule has 4 heteroatoms. The maximum absolute atomic E-state index is 4.30. The van der Waals surface area contributed by atoms with Crippen LogP contribution in [0.25, 0.3) is 11.3 Å². The SMILES string of the molecule is c1cc(-c2cnn(C3CC3)c2)[nH]n1. The lowest BCUT2D eigenvalue weighted by molar-refractivity contribution is 0.642. The van der Waals surface area contributed by atoms with E-state index in [0.29, 0.717) is 6.04 Å². The second-order valence-electron chi connectivity index (χ2n) is 3.41. The normalized spacial score (nSPS) is 16.3. The summed E-state index contributed by atoms with van der Waals surface area (Å²) in [5.74, 6) is 0. The topological polar surface area (TPSA) is 46.5 Å². The van der Waals surface area contributed by atoms with E-state index in [2.05, 4.69) is 21.5 Å². The first kappa shape index (κ1) is 6.88. The summed E-state index contributed by atoms with van der Waals surface area (Å²) in [6.45, 7) is 0. The number of hydrogen-bond acceptors (Lipinski definition) is 2. The second kappa shape index (κ2) is 2.45. The Morgan fingerprint density at radius 3 is 3.08 bits per heavy atom. The Morgan fingerprint density at radius 2 is 2.38 bits per heavy atom. The Morgan fingerprint density at radius 1 is 1.46 bits per heavy atom. The van der Waals surface area contributed by atoms with Crippen molar-refractivity contribution in [3.8, 4) is 11.3 Å². The lowest BCUT2D eigenvalue weighted by Crippen LogP contribution is -1.91. The van der Waals surface area contributed by atoms with Crippen LogP contribution in [0.3, 0.4) is 0 Å². The Balaban J connectivity index is 1.97. The van der Waals surface area contributed by atoms with Gasteiger partial charge in [-0.15, -0.1) is 0 Å². The predicted octanol–water partition coefficient (Wildman–Crippen LogP) is 1.61. The van der Waals surface area contributed by atoms with Crippen LogP contribution in [0.1, 0.15) is 18.9 Å². The molecule has 0 bridgehead atoms. The highest BCUT2D eigenvalue weighted by Crippen LogP contribution is 2.34. The van der Waals surface area contributed by atoms with E-state index in [1.54, 1.807) is 6.20 Å². The molecule has 66 valence electrons. The van der Waals surface area contributed by atoms with E-state index in [4.69, 9.17) is 0 Å². The molecule has 0 radical (unpaired) electrons. The van der Waals surface area contributed by atoms with Crippen molar-refractivity contribution in [2.75, 3.05) is 0 Å². The molecule has 13 heavy (non-hydrogen) atoms. The molecule has 0 aromatic carbocycles. The van der Waals surface area contributed by atoms with Crippen LogP contribution < -0.4 is 0 Å². The van der Waals surface area contributed by atoms with Gasteiger partial charge in [-0.05, 0) is 18.9 Å². The highest BCUT2D eigenvalue weighted by Gasteiger charge is 2.24. The van der Waals surface area contributed by atoms with Crippen LogP contribution in [0.15, 0.2) is 24.7 Å². The standard InChI is InChI=1S/C9H10N4/c1-2-8(1)13-6-7(5-11-13)9-3-4-10-12-9/h3-6,8H,1-2H2,(H,10,12). The van der Waals surface area contributed by atoms with Gasteiger partial charge in [0.05, 0.1) is 17.9 Å². The first-order valence-electron chi connectivity index (χ1n) is 4.47. The number of nitrogens with zero attached hydrogens (tertiary/aromatic N) is 3. The van der Waals surface area contributed by atoms with Crippen LogP contribution in [-0.2, 0) is 0 Å². The highest BCUT2D eigenvalue weighted by molar-refractivity contribution is 5.55. The number of rotatable bonds is 2. The van der Waals surface area contributed by atoms with Gasteiger partial charge in [-0.25, -0.2) is 0 Å². The van der Waals surface area contributed by atoms with Gasteiger partial charge < -0.3 is 0 Å². The van der Waals surface area contributed by atoms with Gasteiger partial charge in [-0.1, -0.05) is 0 Å². The molecule has 0 aliphatic heterocycles. The van der Waals surface area contributed by atoms with Crippen LogP contribution in [0.5, 0.6) is 0 Å². The van der Waals surface area contributed by atoms with Crippen molar-refractivity contribution in [3.05, 3.63) is 24.7 Å². The van der Waals surface area contributed by atoms with Gasteiger partial charge in [0, 0.05) is 18.0 Å². The third kappa shape index (κ3) is 1.14. The fourth-order valence-corrected chi connectivity index (χ4v) is 1.43. The zero-order valence-electron chi connectivity index (χ0n) is 7.14. The van der Waals surface area contributed by atoms with E-state index >= 15 is 0 Å². The van der Waals surface area contributed by atoms with Crippen molar-refractivity contribution in [1.82, 2.24) is 20.0 Å². The molecule has 1 N–H and O–H groups in total. The summed E-state index contributed by atoms with van der Waals surface area (Å²) in [6.07, 6.45) is 8.25. The number of aromatic nitrogens is 4. The summed E-state index contributed by atoms with van der Waals surface area (Å²) in [7, 11) is 0. The quantitative estimate of drug-likeness (QED) is 0.751. The fraction of sp³-hybridized carbons (Fsp3) is 0.333. The molecular formula is C9H10N4. The highest BCUT2D eigenvalue weighted by atomic mass is 15.3. The summed E-state index contributed by atoms with van der Waals surface area (Å²) < 4.78 is 2.04. The Hall–Kier alpha value is -1.58. The minimum Gasteiger partial charge on any atom is -0.278 e. The molecule has 2 aromatic heterocycles. The van der Waals surface area contributed by atoms with Crippen molar-refractivity contribution >= 4 is 0 Å². The molecule has 0 atom stereocenters. The van der Waals surface area contributed by atoms with Gasteiger partial charge in [0.2, 0.25) is 0 Å². The lowest BCUT2D eigenvalue weighted by atomic mass is 10.3. The summed E-state index contributed by atoms with van der Waals surface area (Å²) >= 11 is 0. The van der Waals surface area contributed by atoms with Crippen molar-refractivity contribution in [1.29, 1.82) is 0 Å². The zero-order chi connectivity index (χ0) is 8.67. The number of nitrogens with one attached hydrogen (secondary N) is 1. The van der Waals surface area contributed by atoms with E-state index < -0.39 is 0 Å². The molecule has 0 saturated heterocycles. The Bertz CT molecular complexity index is 397. The maximum atomic E-state index is 4.30. The molecule has 0 spiro atoms. The predicted molar refractivity (Wildman–Crippen MR) is 48.1 cm³/mol. The van der Waals surface area contributed by atoms with E-state index in [-0.39, 0.29) is 0 Å². The van der Waals surface area contributed by atoms with Gasteiger partial charge in [0.1, 0.15) is 0 Å². The van der Waals surface area contributed by atoms with Crippen LogP contribution in [0.2, 0.25) is 0 Å². The second-order valence-corrected chi connectivity index (χ2v) is 3.41. The Kier molecular flexibility index (Phi) is 1.30. The smallest absolute Gasteiger partial charge is 0.0681 e. The molecule has 1 aliphatic rings. The first-order valence-corrected chi connectivity index (χ1v) is 4.47. The minimum atomic E-state index is 0.650. The minimum absolute atomic E-state index is 0.650. The molecule has 1 saturated carbocycles. The number of hydrogen-bond donors (Lipinski definition) is 1. The largest absolute Gasteiger partial charge is 0.278 e. The summed E-state index contributed by atoms with van der Waals surface area (Å²) in [4.78, 5) is 0. The summed E-state index contributed by atoms with van der Waals surface area (Å²) in [5.41, 5.74) is 2.15. The fourth-order valence-electron chi connectivity index (χ4n) is 1.43. The molecular weight excluding hydrogens is 164 g/mol. The van der Waals surface area contributed by atoms with Crippen molar-refractivity contribution in [2.24, 2.45) is 0 Å². The molecule has 2 aromatic rings. The zero-order valence-corrected chi connectivity index (χ0v) is 7.14. The van der Waals surface area contributed by atoms with Gasteiger partial charge in [0.25, 0.3) is 0 Å². The van der Waals surface area contributed by atoms with Crippen LogP contribution in [-0.4, -0.2) is 20.0 Å². The van der Waals surface area contributed by atoms with E-state index in [1.807, 2.05) is 16.9 Å². The van der Waals surface area contributed by atoms with E-state index in [9.17, 15) is 0 Å². The molecule has 2 heterocycles. The van der Waals surface area contributed by atoms with Crippen LogP contribution in [0.4, 0.5) is 0 Å². The molecule has 4 nitrogen and oxygen atoms in total. The summed E-state index contributed by atoms with van der Waals surface area (Å²) in [5, 5.41) is 11.1. The molecule has 0 amide bonds. The first-order chi connectivity index (χ1) is 6.43. The third-order valence-corrected chi connectivity index (χ3v) is 2.33. The van der Waals surface area contributed by atoms with E-state index in [1.165, 1.54) is 12.8 Å². The summed E-state index contributed by atoms with van der Waals surface area (Å²) in [6, 6.07) is 2.60. The lowest BCUT2D eigenvalue weighted by Gasteiger charge is -1.93. The molecule has 3 rings (SSSR count). The average Bonchev–Trinajstić information content (AvgIpc) is 2.72. The van der Waals surface area contributed by atoms with Crippen LogP contribution >= 0.6 is 0 Å². The van der Waals surface area contributed by atoms with Gasteiger partial charge in [-0.2, -0.15) is 10.2 Å². The molecule has 0 unspecified atom stereocenters. The number of aromatic amines is 1. The molecule has 1 fully saturated rings. The van der Waals surface area contributed by atoms with Crippen molar-refractivity contribution < 1.29 is 0 Å². The van der Waals surface area contributed by atoms with Gasteiger partial charge in [0.15, 0.2) is 0 Å². The third-order valence-electron chi connectivity index (χ3n) is 2.33. The Labute approximate surface area is 75.6 Å². The van der Waals surface area contributed by atoms with Crippen LogP contribution in [0, 0.1) is 0 Å². The molecule has 1 aliphatic carbocycles. The van der Waals surface area contributed by atoms with Gasteiger partial charge >= 0.3 is 0 Å². The van der Waals surface area contributed by atoms with Crippen molar-refractivity contribution in [3.63, 3.8) is 0 Å². The van der Waals surface area contributed by atoms with E-state index in [0.717, 1.165) is 11.3 Å². The van der Waals surface area contributed by atoms with Gasteiger partial charge in [-0.3, -0.25) is 9.78 Å². The average molecular weight is 174 g/mol. The maximum Gasteiger partial charge on any atom is 0.0681 e.